The zero-order chi connectivity index (χ0) is 13.9. The molecule has 0 spiro atoms. The summed E-state index contributed by atoms with van der Waals surface area (Å²) in [5.74, 6) is 0.512. The summed E-state index contributed by atoms with van der Waals surface area (Å²) in [6.07, 6.45) is 0. The average Bonchev–Trinajstić information content (AvgIpc) is 2.26. The van der Waals surface area contributed by atoms with Crippen LogP contribution in [0.25, 0.3) is 0 Å². The lowest BCUT2D eigenvalue weighted by Gasteiger charge is -2.32. The zero-order valence-corrected chi connectivity index (χ0v) is 12.5. The Balaban J connectivity index is 2.90. The van der Waals surface area contributed by atoms with Crippen LogP contribution >= 0.6 is 12.2 Å². The number of nitrogens with two attached hydrogens (primary N) is 1. The molecule has 2 N–H and O–H groups in total. The Hall–Kier alpha value is -1.20. The third kappa shape index (κ3) is 3.65. The third-order valence-corrected chi connectivity index (χ3v) is 3.26. The van der Waals surface area contributed by atoms with Crippen molar-refractivity contribution in [3.8, 4) is 5.88 Å². The van der Waals surface area contributed by atoms with Crippen LogP contribution in [0.5, 0.6) is 5.88 Å². The van der Waals surface area contributed by atoms with Crippen molar-refractivity contribution in [1.29, 1.82) is 0 Å². The summed E-state index contributed by atoms with van der Waals surface area (Å²) in [6.45, 7) is 6.63. The minimum atomic E-state index is -0.0844. The van der Waals surface area contributed by atoms with Crippen LogP contribution in [0.1, 0.15) is 25.1 Å². The number of thiocarbonyl (C=S) groups is 1. The van der Waals surface area contributed by atoms with Crippen LogP contribution in [-0.2, 0) is 0 Å². The largest absolute Gasteiger partial charge is 0.475 e. The van der Waals surface area contributed by atoms with Gasteiger partial charge in [-0.25, -0.2) is 4.98 Å². The first-order chi connectivity index (χ1) is 8.24. The summed E-state index contributed by atoms with van der Waals surface area (Å²) < 4.78 is 5.79. The van der Waals surface area contributed by atoms with E-state index in [1.165, 1.54) is 0 Å². The van der Waals surface area contributed by atoms with E-state index in [-0.39, 0.29) is 5.54 Å². The van der Waals surface area contributed by atoms with E-state index in [4.69, 9.17) is 22.7 Å². The Morgan fingerprint density at radius 3 is 2.56 bits per heavy atom. The van der Waals surface area contributed by atoms with Gasteiger partial charge in [0.15, 0.2) is 0 Å². The standard InChI is InChI=1S/C13H21N3OS/c1-9-6-7-10(11(14)18)12(15-9)17-8-13(2,3)16(4)5/h6-7H,8H2,1-5H3,(H2,14,18). The second-order valence-electron chi connectivity index (χ2n) is 5.17. The molecule has 0 aliphatic rings. The molecule has 0 aliphatic heterocycles. The van der Waals surface area contributed by atoms with Crippen LogP contribution < -0.4 is 10.5 Å². The number of hydrogen-bond donors (Lipinski definition) is 1. The molecule has 0 atom stereocenters. The Kier molecular flexibility index (Phi) is 4.65. The molecule has 100 valence electrons. The van der Waals surface area contributed by atoms with Crippen molar-refractivity contribution in [2.24, 2.45) is 5.73 Å². The van der Waals surface area contributed by atoms with Crippen LogP contribution in [0.2, 0.25) is 0 Å². The molecule has 0 amide bonds. The van der Waals surface area contributed by atoms with Crippen molar-refractivity contribution in [3.63, 3.8) is 0 Å². The van der Waals surface area contributed by atoms with Crippen molar-refractivity contribution in [3.05, 3.63) is 23.4 Å². The van der Waals surface area contributed by atoms with Gasteiger partial charge in [0.25, 0.3) is 0 Å². The Morgan fingerprint density at radius 1 is 1.44 bits per heavy atom. The molecule has 0 fully saturated rings. The van der Waals surface area contributed by atoms with E-state index >= 15 is 0 Å². The Bertz CT molecular complexity index is 444. The van der Waals surface area contributed by atoms with Crippen molar-refractivity contribution in [2.45, 2.75) is 26.3 Å². The van der Waals surface area contributed by atoms with Gasteiger partial charge in [-0.3, -0.25) is 0 Å². The number of rotatable bonds is 5. The molecule has 1 aromatic heterocycles. The predicted molar refractivity (Wildman–Crippen MR) is 78.1 cm³/mol. The summed E-state index contributed by atoms with van der Waals surface area (Å²) >= 11 is 5.00. The highest BCUT2D eigenvalue weighted by molar-refractivity contribution is 7.80. The molecule has 18 heavy (non-hydrogen) atoms. The van der Waals surface area contributed by atoms with Gasteiger partial charge in [0.05, 0.1) is 5.56 Å². The fourth-order valence-corrected chi connectivity index (χ4v) is 1.36. The molecule has 4 nitrogen and oxygen atoms in total. The second-order valence-corrected chi connectivity index (χ2v) is 5.60. The number of hydrogen-bond acceptors (Lipinski definition) is 4. The molecule has 1 aromatic rings. The number of aryl methyl sites for hydroxylation is 1. The highest BCUT2D eigenvalue weighted by Crippen LogP contribution is 2.19. The smallest absolute Gasteiger partial charge is 0.224 e. The van der Waals surface area contributed by atoms with Gasteiger partial charge in [0.1, 0.15) is 11.6 Å². The monoisotopic (exact) mass is 267 g/mol. The van der Waals surface area contributed by atoms with Gasteiger partial charge in [0, 0.05) is 11.2 Å². The molecule has 0 radical (unpaired) electrons. The number of pyridine rings is 1. The van der Waals surface area contributed by atoms with E-state index in [1.807, 2.05) is 33.2 Å². The van der Waals surface area contributed by atoms with E-state index < -0.39 is 0 Å². The molecule has 1 heterocycles. The SMILES string of the molecule is Cc1ccc(C(N)=S)c(OCC(C)(C)N(C)C)n1. The first kappa shape index (κ1) is 14.9. The third-order valence-electron chi connectivity index (χ3n) is 3.04. The number of ether oxygens (including phenoxy) is 1. The van der Waals surface area contributed by atoms with Gasteiger partial charge in [-0.15, -0.1) is 0 Å². The topological polar surface area (TPSA) is 51.4 Å². The van der Waals surface area contributed by atoms with Crippen LogP contribution in [0, 0.1) is 6.92 Å². The zero-order valence-electron chi connectivity index (χ0n) is 11.7. The Labute approximate surface area is 114 Å². The van der Waals surface area contributed by atoms with Crippen molar-refractivity contribution in [2.75, 3.05) is 20.7 Å². The first-order valence-electron chi connectivity index (χ1n) is 5.82. The number of likely N-dealkylation sites (N-methyl/N-ethyl adjacent to an activating group) is 1. The van der Waals surface area contributed by atoms with Crippen LogP contribution in [0.15, 0.2) is 12.1 Å². The Morgan fingerprint density at radius 2 is 2.06 bits per heavy atom. The lowest BCUT2D eigenvalue weighted by Crippen LogP contribution is -2.43. The summed E-state index contributed by atoms with van der Waals surface area (Å²) in [4.78, 5) is 6.75. The summed E-state index contributed by atoms with van der Waals surface area (Å²) in [5, 5.41) is 0. The number of aromatic nitrogens is 1. The minimum Gasteiger partial charge on any atom is -0.475 e. The van der Waals surface area contributed by atoms with Crippen molar-refractivity contribution >= 4 is 17.2 Å². The molecule has 0 aromatic carbocycles. The quantitative estimate of drug-likeness (QED) is 0.824. The lowest BCUT2D eigenvalue weighted by atomic mass is 10.1. The van der Waals surface area contributed by atoms with Crippen LogP contribution in [0.3, 0.4) is 0 Å². The maximum Gasteiger partial charge on any atom is 0.224 e. The molecule has 0 aliphatic carbocycles. The van der Waals surface area contributed by atoms with E-state index in [0.29, 0.717) is 23.0 Å². The minimum absolute atomic E-state index is 0.0844. The maximum absolute atomic E-state index is 5.79. The average molecular weight is 267 g/mol. The molecule has 0 bridgehead atoms. The first-order valence-corrected chi connectivity index (χ1v) is 6.22. The van der Waals surface area contributed by atoms with Crippen molar-refractivity contribution < 1.29 is 4.74 Å². The van der Waals surface area contributed by atoms with E-state index in [9.17, 15) is 0 Å². The molecule has 5 heteroatoms. The normalized spacial score (nSPS) is 11.7. The molecular formula is C13H21N3OS. The molecule has 0 saturated carbocycles. The van der Waals surface area contributed by atoms with Gasteiger partial charge < -0.3 is 15.4 Å². The maximum atomic E-state index is 5.79. The highest BCUT2D eigenvalue weighted by Gasteiger charge is 2.22. The van der Waals surface area contributed by atoms with Gasteiger partial charge in [-0.2, -0.15) is 0 Å². The summed E-state index contributed by atoms with van der Waals surface area (Å²) in [6, 6.07) is 3.72. The van der Waals surface area contributed by atoms with Gasteiger partial charge in [0.2, 0.25) is 5.88 Å². The fraction of sp³-hybridized carbons (Fsp3) is 0.538. The second kappa shape index (κ2) is 5.63. The van der Waals surface area contributed by atoms with Crippen LogP contribution in [0.4, 0.5) is 0 Å². The molecule has 1 rings (SSSR count). The molecule has 0 unspecified atom stereocenters. The molecular weight excluding hydrogens is 246 g/mol. The predicted octanol–water partition coefficient (Wildman–Crippen LogP) is 1.74. The fourth-order valence-electron chi connectivity index (χ4n) is 1.20. The van der Waals surface area contributed by atoms with Gasteiger partial charge in [-0.1, -0.05) is 12.2 Å². The molecule has 0 saturated heterocycles. The van der Waals surface area contributed by atoms with Crippen LogP contribution in [-0.4, -0.2) is 41.1 Å². The van der Waals surface area contributed by atoms with Crippen molar-refractivity contribution in [1.82, 2.24) is 9.88 Å². The number of nitrogens with zero attached hydrogens (tertiary/aromatic N) is 2. The van der Waals surface area contributed by atoms with E-state index in [2.05, 4.69) is 23.7 Å². The summed E-state index contributed by atoms with van der Waals surface area (Å²) in [5.41, 5.74) is 7.15. The van der Waals surface area contributed by atoms with Gasteiger partial charge in [-0.05, 0) is 47.0 Å². The summed E-state index contributed by atoms with van der Waals surface area (Å²) in [7, 11) is 4.03. The van der Waals surface area contributed by atoms with E-state index in [1.54, 1.807) is 0 Å². The van der Waals surface area contributed by atoms with E-state index in [0.717, 1.165) is 5.69 Å². The lowest BCUT2D eigenvalue weighted by molar-refractivity contribution is 0.111. The van der Waals surface area contributed by atoms with Gasteiger partial charge >= 0.3 is 0 Å². The highest BCUT2D eigenvalue weighted by atomic mass is 32.1.